The maximum atomic E-state index is 12.9. The Hall–Kier alpha value is -3.17. The molecule has 3 aromatic rings. The fourth-order valence-electron chi connectivity index (χ4n) is 3.32. The molecule has 0 unspecified atom stereocenters. The number of halogens is 2. The van der Waals surface area contributed by atoms with E-state index >= 15 is 0 Å². The number of pyridine rings is 1. The molecule has 1 amide bonds. The van der Waals surface area contributed by atoms with Crippen LogP contribution in [0.15, 0.2) is 57.8 Å². The maximum Gasteiger partial charge on any atom is 0.343 e. The second-order valence-electron chi connectivity index (χ2n) is 6.88. The lowest BCUT2D eigenvalue weighted by Crippen LogP contribution is -2.62. The Morgan fingerprint density at radius 2 is 1.66 bits per heavy atom. The van der Waals surface area contributed by atoms with Crippen molar-refractivity contribution >= 4 is 56.3 Å². The quantitative estimate of drug-likeness (QED) is 0.381. The summed E-state index contributed by atoms with van der Waals surface area (Å²) < 4.78 is 10.4. The van der Waals surface area contributed by atoms with Crippen molar-refractivity contribution in [3.63, 3.8) is 0 Å². The molecular formula is C22H18BrClN2O6. The molecule has 0 atom stereocenters. The Kier molecular flexibility index (Phi) is 7.00. The van der Waals surface area contributed by atoms with Gasteiger partial charge in [-0.05, 0) is 48.0 Å². The lowest BCUT2D eigenvalue weighted by Gasteiger charge is -2.29. The standard InChI is InChI=1S/C22H18BrClN2O6/c1-31-20(29)22(21(30)32-2,26-19(28)12-3-6-15(24)7-4-12)11-13-9-18(27)25-17-8-5-14(23)10-16(13)17/h3-10H,11H2,1-2H3,(H,25,27)(H,26,28). The maximum absolute atomic E-state index is 12.9. The minimum Gasteiger partial charge on any atom is -0.467 e. The smallest absolute Gasteiger partial charge is 0.343 e. The molecule has 32 heavy (non-hydrogen) atoms. The van der Waals surface area contributed by atoms with Gasteiger partial charge in [-0.3, -0.25) is 9.59 Å². The first-order chi connectivity index (χ1) is 15.2. The summed E-state index contributed by atoms with van der Waals surface area (Å²) >= 11 is 9.24. The van der Waals surface area contributed by atoms with Gasteiger partial charge < -0.3 is 19.8 Å². The van der Waals surface area contributed by atoms with Gasteiger partial charge in [0.15, 0.2) is 0 Å². The van der Waals surface area contributed by atoms with E-state index < -0.39 is 28.9 Å². The van der Waals surface area contributed by atoms with E-state index in [1.807, 2.05) is 0 Å². The number of H-pyrrole nitrogens is 1. The van der Waals surface area contributed by atoms with Crippen LogP contribution in [0, 0.1) is 0 Å². The van der Waals surface area contributed by atoms with Crippen LogP contribution in [0.1, 0.15) is 15.9 Å². The van der Waals surface area contributed by atoms with E-state index in [9.17, 15) is 19.2 Å². The van der Waals surface area contributed by atoms with Crippen LogP contribution < -0.4 is 10.9 Å². The fraction of sp³-hybridized carbons (Fsp3) is 0.182. The van der Waals surface area contributed by atoms with E-state index in [0.29, 0.717) is 26.0 Å². The number of hydrogen-bond acceptors (Lipinski definition) is 6. The van der Waals surface area contributed by atoms with Crippen molar-refractivity contribution in [2.75, 3.05) is 14.2 Å². The van der Waals surface area contributed by atoms with Crippen molar-refractivity contribution in [2.45, 2.75) is 12.0 Å². The number of carbonyl (C=O) groups excluding carboxylic acids is 3. The van der Waals surface area contributed by atoms with Gasteiger partial charge in [-0.1, -0.05) is 27.5 Å². The van der Waals surface area contributed by atoms with Crippen LogP contribution >= 0.6 is 27.5 Å². The Morgan fingerprint density at radius 1 is 1.03 bits per heavy atom. The zero-order valence-electron chi connectivity index (χ0n) is 17.0. The van der Waals surface area contributed by atoms with E-state index in [1.54, 1.807) is 18.2 Å². The number of ether oxygens (including phenoxy) is 2. The summed E-state index contributed by atoms with van der Waals surface area (Å²) in [5, 5.41) is 3.44. The number of nitrogens with one attached hydrogen (secondary N) is 2. The molecule has 0 aliphatic rings. The molecule has 0 bridgehead atoms. The molecule has 0 spiro atoms. The minimum absolute atomic E-state index is 0.157. The van der Waals surface area contributed by atoms with Gasteiger partial charge in [0, 0.05) is 38.4 Å². The topological polar surface area (TPSA) is 115 Å². The first-order valence-corrected chi connectivity index (χ1v) is 10.4. The van der Waals surface area contributed by atoms with Crippen LogP contribution in [0.25, 0.3) is 10.9 Å². The minimum atomic E-state index is -2.25. The van der Waals surface area contributed by atoms with Gasteiger partial charge in [-0.2, -0.15) is 0 Å². The molecule has 10 heteroatoms. The number of methoxy groups -OCH3 is 2. The van der Waals surface area contributed by atoms with Crippen molar-refractivity contribution in [1.29, 1.82) is 0 Å². The zero-order valence-corrected chi connectivity index (χ0v) is 19.4. The third-order valence-electron chi connectivity index (χ3n) is 4.85. The molecule has 0 saturated heterocycles. The summed E-state index contributed by atoms with van der Waals surface area (Å²) in [6.07, 6.45) is -0.386. The highest BCUT2D eigenvalue weighted by Crippen LogP contribution is 2.26. The van der Waals surface area contributed by atoms with Gasteiger partial charge in [-0.25, -0.2) is 9.59 Å². The highest BCUT2D eigenvalue weighted by molar-refractivity contribution is 9.10. The lowest BCUT2D eigenvalue weighted by molar-refractivity contribution is -0.162. The van der Waals surface area contributed by atoms with Crippen molar-refractivity contribution < 1.29 is 23.9 Å². The predicted octanol–water partition coefficient (Wildman–Crippen LogP) is 3.00. The van der Waals surface area contributed by atoms with Gasteiger partial charge in [0.1, 0.15) is 0 Å². The molecule has 0 aliphatic heterocycles. The summed E-state index contributed by atoms with van der Waals surface area (Å²) in [5.74, 6) is -2.82. The number of esters is 2. The SMILES string of the molecule is COC(=O)C(Cc1cc(=O)[nH]c2ccc(Br)cc12)(NC(=O)c1ccc(Cl)cc1)C(=O)OC. The highest BCUT2D eigenvalue weighted by atomic mass is 79.9. The lowest BCUT2D eigenvalue weighted by atomic mass is 9.88. The number of amides is 1. The molecule has 3 rings (SSSR count). The monoisotopic (exact) mass is 520 g/mol. The second kappa shape index (κ2) is 9.54. The van der Waals surface area contributed by atoms with Gasteiger partial charge in [0.05, 0.1) is 14.2 Å². The number of aromatic amines is 1. The van der Waals surface area contributed by atoms with E-state index in [4.69, 9.17) is 21.1 Å². The van der Waals surface area contributed by atoms with E-state index in [-0.39, 0.29) is 12.0 Å². The van der Waals surface area contributed by atoms with Gasteiger partial charge >= 0.3 is 11.9 Å². The molecule has 0 aliphatic carbocycles. The van der Waals surface area contributed by atoms with Crippen molar-refractivity contribution in [1.82, 2.24) is 10.3 Å². The third kappa shape index (κ3) is 4.68. The van der Waals surface area contributed by atoms with Crippen LogP contribution in [-0.4, -0.2) is 42.6 Å². The number of benzene rings is 2. The van der Waals surface area contributed by atoms with E-state index in [2.05, 4.69) is 26.2 Å². The predicted molar refractivity (Wildman–Crippen MR) is 122 cm³/mol. The largest absolute Gasteiger partial charge is 0.467 e. The van der Waals surface area contributed by atoms with Crippen molar-refractivity contribution in [2.24, 2.45) is 0 Å². The average molecular weight is 522 g/mol. The molecule has 1 aromatic heterocycles. The Morgan fingerprint density at radius 3 is 2.25 bits per heavy atom. The molecule has 8 nitrogen and oxygen atoms in total. The summed E-state index contributed by atoms with van der Waals surface area (Å²) in [6.45, 7) is 0. The molecular weight excluding hydrogens is 504 g/mol. The zero-order chi connectivity index (χ0) is 23.5. The molecule has 166 valence electrons. The molecule has 0 saturated carbocycles. The van der Waals surface area contributed by atoms with Crippen molar-refractivity contribution in [3.05, 3.63) is 79.5 Å². The van der Waals surface area contributed by atoms with Crippen LogP contribution in [0.2, 0.25) is 5.02 Å². The highest BCUT2D eigenvalue weighted by Gasteiger charge is 2.50. The summed E-state index contributed by atoms with van der Waals surface area (Å²) in [4.78, 5) is 53.7. The number of carbonyl (C=O) groups is 3. The Labute approximate surface area is 196 Å². The first-order valence-electron chi connectivity index (χ1n) is 9.26. The summed E-state index contributed by atoms with van der Waals surface area (Å²) in [6, 6.07) is 12.3. The Bertz CT molecular complexity index is 1240. The molecule has 1 heterocycles. The number of hydrogen-bond donors (Lipinski definition) is 2. The van der Waals surface area contributed by atoms with E-state index in [1.165, 1.54) is 30.3 Å². The molecule has 0 fully saturated rings. The first kappa shape index (κ1) is 23.5. The number of rotatable bonds is 6. The fourth-order valence-corrected chi connectivity index (χ4v) is 3.80. The summed E-state index contributed by atoms with van der Waals surface area (Å²) in [5.41, 5.74) is -1.71. The van der Waals surface area contributed by atoms with Crippen LogP contribution in [0.3, 0.4) is 0 Å². The number of fused-ring (bicyclic) bond motifs is 1. The Balaban J connectivity index is 2.16. The average Bonchev–Trinajstić information content (AvgIpc) is 2.78. The molecule has 0 radical (unpaired) electrons. The van der Waals surface area contributed by atoms with Gasteiger partial charge in [0.25, 0.3) is 5.91 Å². The third-order valence-corrected chi connectivity index (χ3v) is 5.59. The molecule has 2 N–H and O–H groups in total. The summed E-state index contributed by atoms with van der Waals surface area (Å²) in [7, 11) is 2.17. The van der Waals surface area contributed by atoms with Gasteiger partial charge in [-0.15, -0.1) is 0 Å². The normalized spacial score (nSPS) is 11.1. The van der Waals surface area contributed by atoms with E-state index in [0.717, 1.165) is 14.2 Å². The number of aromatic nitrogens is 1. The van der Waals surface area contributed by atoms with Crippen molar-refractivity contribution in [3.8, 4) is 0 Å². The van der Waals surface area contributed by atoms with Crippen LogP contribution in [0.5, 0.6) is 0 Å². The molecule has 2 aromatic carbocycles. The van der Waals surface area contributed by atoms with Gasteiger partial charge in [0.2, 0.25) is 11.1 Å². The van der Waals surface area contributed by atoms with Crippen LogP contribution in [0.4, 0.5) is 0 Å². The second-order valence-corrected chi connectivity index (χ2v) is 8.23. The van der Waals surface area contributed by atoms with Crippen LogP contribution in [-0.2, 0) is 25.5 Å².